The van der Waals surface area contributed by atoms with E-state index < -0.39 is 4.92 Å². The molecular formula is C8H8N6O2. The Hall–Kier alpha value is -2.51. The van der Waals surface area contributed by atoms with Crippen LogP contribution in [0.3, 0.4) is 0 Å². The summed E-state index contributed by atoms with van der Waals surface area (Å²) >= 11 is 0. The first-order valence-electron chi connectivity index (χ1n) is 4.44. The van der Waals surface area contributed by atoms with Crippen LogP contribution in [-0.4, -0.2) is 25.1 Å². The standard InChI is InChI=1S/C8H8N6O2/c15-14(16)7-3-9-2-1-6(7)10-4-8-11-5-12-13-8/h1-3,5H,4H2,(H,9,10)(H,11,12,13). The maximum Gasteiger partial charge on any atom is 0.310 e. The fourth-order valence-corrected chi connectivity index (χ4v) is 1.18. The number of anilines is 1. The number of hydrogen-bond donors (Lipinski definition) is 2. The van der Waals surface area contributed by atoms with Crippen LogP contribution < -0.4 is 5.32 Å². The zero-order valence-electron chi connectivity index (χ0n) is 8.12. The fourth-order valence-electron chi connectivity index (χ4n) is 1.18. The topological polar surface area (TPSA) is 110 Å². The lowest BCUT2D eigenvalue weighted by Crippen LogP contribution is -2.04. The van der Waals surface area contributed by atoms with Gasteiger partial charge in [0.2, 0.25) is 0 Å². The van der Waals surface area contributed by atoms with Crippen LogP contribution in [0, 0.1) is 10.1 Å². The van der Waals surface area contributed by atoms with Crippen molar-refractivity contribution in [2.24, 2.45) is 0 Å². The van der Waals surface area contributed by atoms with Crippen LogP contribution in [-0.2, 0) is 6.54 Å². The summed E-state index contributed by atoms with van der Waals surface area (Å²) in [7, 11) is 0. The van der Waals surface area contributed by atoms with Crippen molar-refractivity contribution in [1.82, 2.24) is 20.2 Å². The predicted molar refractivity (Wildman–Crippen MR) is 54.6 cm³/mol. The molecule has 2 aromatic rings. The summed E-state index contributed by atoms with van der Waals surface area (Å²) in [5, 5.41) is 19.9. The van der Waals surface area contributed by atoms with Crippen LogP contribution in [0.25, 0.3) is 0 Å². The van der Waals surface area contributed by atoms with Crippen molar-refractivity contribution in [3.63, 3.8) is 0 Å². The molecule has 0 fully saturated rings. The number of nitrogens with zero attached hydrogens (tertiary/aromatic N) is 4. The highest BCUT2D eigenvalue weighted by molar-refractivity contribution is 5.59. The van der Waals surface area contributed by atoms with E-state index in [1.807, 2.05) is 0 Å². The normalized spacial score (nSPS) is 10.0. The van der Waals surface area contributed by atoms with E-state index in [9.17, 15) is 10.1 Å². The van der Waals surface area contributed by atoms with E-state index in [-0.39, 0.29) is 5.69 Å². The average Bonchev–Trinajstić information content (AvgIpc) is 2.79. The maximum absolute atomic E-state index is 10.7. The Kier molecular flexibility index (Phi) is 2.72. The second-order valence-electron chi connectivity index (χ2n) is 2.94. The molecular weight excluding hydrogens is 212 g/mol. The van der Waals surface area contributed by atoms with E-state index in [1.54, 1.807) is 0 Å². The second-order valence-corrected chi connectivity index (χ2v) is 2.94. The number of aromatic nitrogens is 4. The molecule has 0 aromatic carbocycles. The van der Waals surface area contributed by atoms with Gasteiger partial charge in [0, 0.05) is 6.20 Å². The van der Waals surface area contributed by atoms with E-state index in [1.165, 1.54) is 24.8 Å². The molecule has 0 aliphatic heterocycles. The third-order valence-corrected chi connectivity index (χ3v) is 1.91. The summed E-state index contributed by atoms with van der Waals surface area (Å²) in [5.41, 5.74) is 0.332. The Labute approximate surface area is 89.9 Å². The van der Waals surface area contributed by atoms with Crippen molar-refractivity contribution >= 4 is 11.4 Å². The molecule has 2 rings (SSSR count). The van der Waals surface area contributed by atoms with Crippen molar-refractivity contribution < 1.29 is 4.92 Å². The fraction of sp³-hybridized carbons (Fsp3) is 0.125. The van der Waals surface area contributed by atoms with Gasteiger partial charge in [-0.2, -0.15) is 5.10 Å². The summed E-state index contributed by atoms with van der Waals surface area (Å²) in [6.07, 6.45) is 4.05. The molecule has 82 valence electrons. The van der Waals surface area contributed by atoms with Crippen LogP contribution in [0.2, 0.25) is 0 Å². The number of hydrogen-bond acceptors (Lipinski definition) is 6. The van der Waals surface area contributed by atoms with Crippen molar-refractivity contribution in [2.45, 2.75) is 6.54 Å². The Balaban J connectivity index is 2.12. The molecule has 0 radical (unpaired) electrons. The Morgan fingerprint density at radius 1 is 1.56 bits per heavy atom. The van der Waals surface area contributed by atoms with Crippen LogP contribution in [0.15, 0.2) is 24.8 Å². The summed E-state index contributed by atoms with van der Waals surface area (Å²) in [6.45, 7) is 0.338. The monoisotopic (exact) mass is 220 g/mol. The molecule has 2 heterocycles. The maximum atomic E-state index is 10.7. The third-order valence-electron chi connectivity index (χ3n) is 1.91. The largest absolute Gasteiger partial charge is 0.372 e. The van der Waals surface area contributed by atoms with Gasteiger partial charge >= 0.3 is 5.69 Å². The molecule has 8 heteroatoms. The van der Waals surface area contributed by atoms with Crippen LogP contribution in [0.4, 0.5) is 11.4 Å². The van der Waals surface area contributed by atoms with Crippen LogP contribution >= 0.6 is 0 Å². The highest BCUT2D eigenvalue weighted by Gasteiger charge is 2.12. The Morgan fingerprint density at radius 2 is 2.44 bits per heavy atom. The molecule has 2 N–H and O–H groups in total. The summed E-state index contributed by atoms with van der Waals surface area (Å²) in [6, 6.07) is 1.54. The molecule has 8 nitrogen and oxygen atoms in total. The lowest BCUT2D eigenvalue weighted by Gasteiger charge is -2.03. The van der Waals surface area contributed by atoms with Gasteiger partial charge < -0.3 is 5.32 Å². The van der Waals surface area contributed by atoms with Gasteiger partial charge in [0.25, 0.3) is 0 Å². The van der Waals surface area contributed by atoms with E-state index >= 15 is 0 Å². The highest BCUT2D eigenvalue weighted by Crippen LogP contribution is 2.21. The third kappa shape index (κ3) is 2.11. The van der Waals surface area contributed by atoms with Gasteiger partial charge in [0.05, 0.1) is 11.5 Å². The molecule has 16 heavy (non-hydrogen) atoms. The first-order valence-corrected chi connectivity index (χ1v) is 4.44. The molecule has 0 aliphatic carbocycles. The van der Waals surface area contributed by atoms with Gasteiger partial charge in [-0.3, -0.25) is 20.2 Å². The Morgan fingerprint density at radius 3 is 3.12 bits per heavy atom. The van der Waals surface area contributed by atoms with Crippen molar-refractivity contribution in [2.75, 3.05) is 5.32 Å². The van der Waals surface area contributed by atoms with Gasteiger partial charge in [0.1, 0.15) is 24.0 Å². The van der Waals surface area contributed by atoms with Gasteiger partial charge in [-0.05, 0) is 6.07 Å². The molecule has 0 amide bonds. The minimum atomic E-state index is -0.490. The van der Waals surface area contributed by atoms with Gasteiger partial charge in [-0.15, -0.1) is 0 Å². The number of rotatable bonds is 4. The number of H-pyrrole nitrogens is 1. The molecule has 0 saturated heterocycles. The zero-order valence-corrected chi connectivity index (χ0v) is 8.12. The number of nitro groups is 1. The van der Waals surface area contributed by atoms with Crippen LogP contribution in [0.1, 0.15) is 5.82 Å². The SMILES string of the molecule is O=[N+]([O-])c1cnccc1NCc1ncn[nH]1. The van der Waals surface area contributed by atoms with Gasteiger partial charge in [-0.1, -0.05) is 0 Å². The molecule has 0 aliphatic rings. The molecule has 0 atom stereocenters. The summed E-state index contributed by atoms with van der Waals surface area (Å²) in [5.74, 6) is 0.603. The molecule has 0 saturated carbocycles. The summed E-state index contributed by atoms with van der Waals surface area (Å²) < 4.78 is 0. The number of nitrogens with one attached hydrogen (secondary N) is 2. The van der Waals surface area contributed by atoms with E-state index in [2.05, 4.69) is 25.5 Å². The minimum Gasteiger partial charge on any atom is -0.372 e. The lowest BCUT2D eigenvalue weighted by atomic mass is 10.3. The summed E-state index contributed by atoms with van der Waals surface area (Å²) in [4.78, 5) is 17.8. The Bertz CT molecular complexity index is 483. The lowest BCUT2D eigenvalue weighted by molar-refractivity contribution is -0.384. The van der Waals surface area contributed by atoms with E-state index in [4.69, 9.17) is 0 Å². The van der Waals surface area contributed by atoms with Crippen molar-refractivity contribution in [3.8, 4) is 0 Å². The van der Waals surface area contributed by atoms with Crippen molar-refractivity contribution in [3.05, 3.63) is 40.7 Å². The molecule has 0 unspecified atom stereocenters. The molecule has 0 spiro atoms. The smallest absolute Gasteiger partial charge is 0.310 e. The minimum absolute atomic E-state index is 0.0676. The van der Waals surface area contributed by atoms with Gasteiger partial charge in [0.15, 0.2) is 0 Å². The first kappa shape index (κ1) is 10.0. The number of aromatic amines is 1. The molecule has 0 bridgehead atoms. The van der Waals surface area contributed by atoms with Crippen LogP contribution in [0.5, 0.6) is 0 Å². The average molecular weight is 220 g/mol. The highest BCUT2D eigenvalue weighted by atomic mass is 16.6. The van der Waals surface area contributed by atoms with E-state index in [0.717, 1.165) is 0 Å². The van der Waals surface area contributed by atoms with E-state index in [0.29, 0.717) is 18.1 Å². The quantitative estimate of drug-likeness (QED) is 0.580. The predicted octanol–water partition coefficient (Wildman–Crippen LogP) is 0.720. The van der Waals surface area contributed by atoms with Crippen molar-refractivity contribution in [1.29, 1.82) is 0 Å². The number of pyridine rings is 1. The molecule has 2 aromatic heterocycles. The first-order chi connectivity index (χ1) is 7.77. The second kappa shape index (κ2) is 4.34. The van der Waals surface area contributed by atoms with Gasteiger partial charge in [-0.25, -0.2) is 4.98 Å². The zero-order chi connectivity index (χ0) is 11.4.